The van der Waals surface area contributed by atoms with E-state index in [0.717, 1.165) is 21.3 Å². The number of carbonyl (C=O) groups excluding carboxylic acids is 1. The Kier molecular flexibility index (Phi) is 5.80. The fraction of sp³-hybridized carbons (Fsp3) is 0.160. The minimum Gasteiger partial charge on any atom is -0.459 e. The number of nitrogens with zero attached hydrogens (tertiary/aromatic N) is 2. The molecule has 156 valence electrons. The molecular formula is C25H22N2O4. The number of para-hydroxylation sites is 1. The normalized spacial score (nSPS) is 10.9. The number of benzene rings is 3. The van der Waals surface area contributed by atoms with E-state index in [0.29, 0.717) is 10.9 Å². The molecule has 0 amide bonds. The molecule has 3 aromatic carbocycles. The Morgan fingerprint density at radius 1 is 0.806 bits per heavy atom. The van der Waals surface area contributed by atoms with Crippen molar-refractivity contribution in [2.45, 2.75) is 26.6 Å². The largest absolute Gasteiger partial charge is 0.459 e. The quantitative estimate of drug-likeness (QED) is 0.452. The standard InChI is InChI=1S/C25H22N2O4/c1-2-26-24(29)21-10-6-7-11-22(21)27(25(26)30)16-23(28)31-17-18-12-14-20(15-13-18)19-8-4-3-5-9-19/h3-15H,2,16-17H2,1H3. The molecule has 0 aliphatic rings. The zero-order valence-electron chi connectivity index (χ0n) is 17.2. The first kappa shape index (κ1) is 20.3. The summed E-state index contributed by atoms with van der Waals surface area (Å²) in [6.45, 7) is 1.79. The van der Waals surface area contributed by atoms with Crippen LogP contribution in [0.3, 0.4) is 0 Å². The summed E-state index contributed by atoms with van der Waals surface area (Å²) in [5.41, 5.74) is 2.59. The van der Waals surface area contributed by atoms with E-state index in [2.05, 4.69) is 0 Å². The predicted molar refractivity (Wildman–Crippen MR) is 120 cm³/mol. The predicted octanol–water partition coefficient (Wildman–Crippen LogP) is 3.59. The van der Waals surface area contributed by atoms with E-state index in [1.165, 1.54) is 4.57 Å². The molecule has 0 fully saturated rings. The molecule has 0 bridgehead atoms. The molecule has 0 aliphatic heterocycles. The zero-order valence-corrected chi connectivity index (χ0v) is 17.2. The maximum absolute atomic E-state index is 12.7. The van der Waals surface area contributed by atoms with Gasteiger partial charge >= 0.3 is 11.7 Å². The summed E-state index contributed by atoms with van der Waals surface area (Å²) in [4.78, 5) is 37.7. The second-order valence-electron chi connectivity index (χ2n) is 7.16. The number of rotatable bonds is 6. The number of esters is 1. The lowest BCUT2D eigenvalue weighted by atomic mass is 10.0. The van der Waals surface area contributed by atoms with Gasteiger partial charge in [-0.3, -0.25) is 18.7 Å². The molecule has 0 unspecified atom stereocenters. The average molecular weight is 414 g/mol. The highest BCUT2D eigenvalue weighted by Gasteiger charge is 2.15. The number of hydrogen-bond donors (Lipinski definition) is 0. The minimum absolute atomic E-state index is 0.105. The van der Waals surface area contributed by atoms with Gasteiger partial charge in [-0.25, -0.2) is 4.79 Å². The molecule has 0 N–H and O–H groups in total. The summed E-state index contributed by atoms with van der Waals surface area (Å²) in [5.74, 6) is -0.541. The molecule has 1 aromatic heterocycles. The van der Waals surface area contributed by atoms with Crippen molar-refractivity contribution in [1.82, 2.24) is 9.13 Å². The maximum atomic E-state index is 12.7. The average Bonchev–Trinajstić information content (AvgIpc) is 2.82. The molecule has 0 saturated carbocycles. The highest BCUT2D eigenvalue weighted by Crippen LogP contribution is 2.19. The topological polar surface area (TPSA) is 70.3 Å². The van der Waals surface area contributed by atoms with E-state index in [-0.39, 0.29) is 25.3 Å². The third kappa shape index (κ3) is 4.19. The van der Waals surface area contributed by atoms with Gasteiger partial charge in [-0.2, -0.15) is 0 Å². The Morgan fingerprint density at radius 3 is 2.16 bits per heavy atom. The van der Waals surface area contributed by atoms with Crippen LogP contribution in [0.4, 0.5) is 0 Å². The highest BCUT2D eigenvalue weighted by molar-refractivity contribution is 5.80. The molecule has 6 nitrogen and oxygen atoms in total. The maximum Gasteiger partial charge on any atom is 0.332 e. The minimum atomic E-state index is -0.541. The van der Waals surface area contributed by atoms with E-state index in [9.17, 15) is 14.4 Å². The Bertz CT molecular complexity index is 1340. The molecule has 4 aromatic rings. The van der Waals surface area contributed by atoms with Crippen LogP contribution in [0.1, 0.15) is 12.5 Å². The van der Waals surface area contributed by atoms with Gasteiger partial charge in [-0.15, -0.1) is 0 Å². The van der Waals surface area contributed by atoms with Crippen LogP contribution in [0.15, 0.2) is 88.5 Å². The molecule has 6 heteroatoms. The Labute approximate surface area is 179 Å². The lowest BCUT2D eigenvalue weighted by Crippen LogP contribution is -2.40. The number of carbonyl (C=O) groups is 1. The smallest absolute Gasteiger partial charge is 0.332 e. The lowest BCUT2D eigenvalue weighted by molar-refractivity contribution is -0.145. The molecule has 0 atom stereocenters. The number of aromatic nitrogens is 2. The molecule has 0 spiro atoms. The van der Waals surface area contributed by atoms with Gasteiger partial charge < -0.3 is 4.74 Å². The SMILES string of the molecule is CCn1c(=O)c2ccccc2n(CC(=O)OCc2ccc(-c3ccccc3)cc2)c1=O. The zero-order chi connectivity index (χ0) is 21.8. The van der Waals surface area contributed by atoms with E-state index < -0.39 is 11.7 Å². The Hall–Kier alpha value is -3.93. The van der Waals surface area contributed by atoms with Crippen molar-refractivity contribution in [2.24, 2.45) is 0 Å². The molecule has 1 heterocycles. The van der Waals surface area contributed by atoms with Gasteiger partial charge in [0.25, 0.3) is 5.56 Å². The van der Waals surface area contributed by atoms with Crippen molar-refractivity contribution in [3.05, 3.63) is 105 Å². The van der Waals surface area contributed by atoms with E-state index >= 15 is 0 Å². The summed E-state index contributed by atoms with van der Waals surface area (Å²) < 4.78 is 7.81. The summed E-state index contributed by atoms with van der Waals surface area (Å²) in [5, 5.41) is 0.397. The first-order valence-corrected chi connectivity index (χ1v) is 10.1. The van der Waals surface area contributed by atoms with Gasteiger partial charge in [0.1, 0.15) is 13.2 Å². The molecular weight excluding hydrogens is 392 g/mol. The number of hydrogen-bond acceptors (Lipinski definition) is 4. The van der Waals surface area contributed by atoms with Gasteiger partial charge in [0, 0.05) is 6.54 Å². The summed E-state index contributed by atoms with van der Waals surface area (Å²) in [7, 11) is 0. The molecule has 0 radical (unpaired) electrons. The van der Waals surface area contributed by atoms with Crippen LogP contribution in [0.2, 0.25) is 0 Å². The van der Waals surface area contributed by atoms with E-state index in [1.54, 1.807) is 31.2 Å². The first-order valence-electron chi connectivity index (χ1n) is 10.1. The summed E-state index contributed by atoms with van der Waals surface area (Å²) >= 11 is 0. The second-order valence-corrected chi connectivity index (χ2v) is 7.16. The molecule has 31 heavy (non-hydrogen) atoms. The first-order chi connectivity index (χ1) is 15.1. The van der Waals surface area contributed by atoms with E-state index in [4.69, 9.17) is 4.74 Å². The number of fused-ring (bicyclic) bond motifs is 1. The van der Waals surface area contributed by atoms with Crippen LogP contribution in [-0.2, 0) is 29.2 Å². The van der Waals surface area contributed by atoms with Crippen LogP contribution in [0.25, 0.3) is 22.0 Å². The monoisotopic (exact) mass is 414 g/mol. The fourth-order valence-electron chi connectivity index (χ4n) is 3.57. The van der Waals surface area contributed by atoms with Gasteiger partial charge in [-0.1, -0.05) is 66.7 Å². The van der Waals surface area contributed by atoms with Crippen molar-refractivity contribution in [1.29, 1.82) is 0 Å². The molecule has 0 saturated heterocycles. The van der Waals surface area contributed by atoms with Crippen LogP contribution in [0.5, 0.6) is 0 Å². The van der Waals surface area contributed by atoms with Crippen LogP contribution in [-0.4, -0.2) is 15.1 Å². The third-order valence-corrected chi connectivity index (χ3v) is 5.20. The second kappa shape index (κ2) is 8.83. The van der Waals surface area contributed by atoms with Crippen LogP contribution >= 0.6 is 0 Å². The fourth-order valence-corrected chi connectivity index (χ4v) is 3.57. The Morgan fingerprint density at radius 2 is 1.45 bits per heavy atom. The Balaban J connectivity index is 1.50. The third-order valence-electron chi connectivity index (χ3n) is 5.20. The van der Waals surface area contributed by atoms with Crippen molar-refractivity contribution in [3.63, 3.8) is 0 Å². The summed E-state index contributed by atoms with van der Waals surface area (Å²) in [6, 6.07) is 24.6. The van der Waals surface area contributed by atoms with Gasteiger partial charge in [0.05, 0.1) is 10.9 Å². The van der Waals surface area contributed by atoms with Gasteiger partial charge in [-0.05, 0) is 35.7 Å². The van der Waals surface area contributed by atoms with Crippen molar-refractivity contribution < 1.29 is 9.53 Å². The van der Waals surface area contributed by atoms with Crippen molar-refractivity contribution >= 4 is 16.9 Å². The molecule has 0 aliphatic carbocycles. The van der Waals surface area contributed by atoms with Gasteiger partial charge in [0.15, 0.2) is 0 Å². The lowest BCUT2D eigenvalue weighted by Gasteiger charge is -2.13. The number of ether oxygens (including phenoxy) is 1. The highest BCUT2D eigenvalue weighted by atomic mass is 16.5. The van der Waals surface area contributed by atoms with Gasteiger partial charge in [0.2, 0.25) is 0 Å². The van der Waals surface area contributed by atoms with Crippen LogP contribution in [0, 0.1) is 0 Å². The molecule has 4 rings (SSSR count). The van der Waals surface area contributed by atoms with Crippen LogP contribution < -0.4 is 11.2 Å². The van der Waals surface area contributed by atoms with E-state index in [1.807, 2.05) is 54.6 Å². The summed E-state index contributed by atoms with van der Waals surface area (Å²) in [6.07, 6.45) is 0. The van der Waals surface area contributed by atoms with Crippen molar-refractivity contribution in [2.75, 3.05) is 0 Å². The van der Waals surface area contributed by atoms with Crippen molar-refractivity contribution in [3.8, 4) is 11.1 Å².